The Bertz CT molecular complexity index is 924. The van der Waals surface area contributed by atoms with Crippen LogP contribution in [0.15, 0.2) is 0 Å². The smallest absolute Gasteiger partial charge is 0.320 e. The number of fused-ring (bicyclic) bond motifs is 3. The first-order valence-electron chi connectivity index (χ1n) is 15.4. The third kappa shape index (κ3) is 4.59. The Morgan fingerprint density at radius 1 is 1.03 bits per heavy atom. The number of nitrogens with zero attached hydrogens (tertiary/aromatic N) is 2. The molecule has 5 atom stereocenters. The first-order chi connectivity index (χ1) is 18.3. The van der Waals surface area contributed by atoms with E-state index in [1.54, 1.807) is 0 Å². The Labute approximate surface area is 232 Å². The number of hydrogen-bond acceptors (Lipinski definition) is 7. The molecule has 6 fully saturated rings. The van der Waals surface area contributed by atoms with Gasteiger partial charge in [0.2, 0.25) is 5.91 Å². The molecule has 38 heavy (non-hydrogen) atoms. The molecule has 0 aromatic rings. The maximum absolute atomic E-state index is 14.1. The van der Waals surface area contributed by atoms with Crippen LogP contribution >= 0.6 is 11.8 Å². The van der Waals surface area contributed by atoms with Crippen LogP contribution in [-0.4, -0.2) is 83.1 Å². The summed E-state index contributed by atoms with van der Waals surface area (Å²) in [6, 6.07) is 0.366. The second-order valence-corrected chi connectivity index (χ2v) is 14.6. The molecule has 8 heteroatoms. The molecule has 0 aromatic carbocycles. The lowest BCUT2D eigenvalue weighted by Gasteiger charge is -2.42. The summed E-state index contributed by atoms with van der Waals surface area (Å²) in [5.74, 6) is 1.58. The van der Waals surface area contributed by atoms with Gasteiger partial charge in [-0.1, -0.05) is 26.7 Å². The minimum atomic E-state index is -0.529. The predicted molar refractivity (Wildman–Crippen MR) is 146 cm³/mol. The van der Waals surface area contributed by atoms with E-state index in [-0.39, 0.29) is 42.1 Å². The van der Waals surface area contributed by atoms with Gasteiger partial charge in [0.15, 0.2) is 0 Å². The van der Waals surface area contributed by atoms with Gasteiger partial charge >= 0.3 is 11.9 Å². The van der Waals surface area contributed by atoms with Crippen molar-refractivity contribution in [3.63, 3.8) is 0 Å². The molecular weight excluding hydrogens is 500 g/mol. The van der Waals surface area contributed by atoms with Crippen LogP contribution in [0.1, 0.15) is 84.5 Å². The van der Waals surface area contributed by atoms with Crippen molar-refractivity contribution in [2.45, 2.75) is 102 Å². The maximum Gasteiger partial charge on any atom is 0.320 e. The van der Waals surface area contributed by atoms with Crippen LogP contribution in [0, 0.1) is 29.1 Å². The molecule has 2 saturated heterocycles. The molecule has 2 aliphatic heterocycles. The topological polar surface area (TPSA) is 76.2 Å². The lowest BCUT2D eigenvalue weighted by Crippen LogP contribution is -2.52. The van der Waals surface area contributed by atoms with E-state index in [1.165, 1.54) is 12.8 Å². The Balaban J connectivity index is 1.23. The summed E-state index contributed by atoms with van der Waals surface area (Å²) < 4.78 is 12.6. The van der Waals surface area contributed by atoms with Crippen LogP contribution in [0.3, 0.4) is 0 Å². The van der Waals surface area contributed by atoms with Crippen molar-refractivity contribution in [1.29, 1.82) is 0 Å². The minimum absolute atomic E-state index is 0.0597. The third-order valence-corrected chi connectivity index (χ3v) is 12.1. The fraction of sp³-hybridized carbons (Fsp3) is 0.900. The highest BCUT2D eigenvalue weighted by atomic mass is 32.2. The zero-order valence-electron chi connectivity index (χ0n) is 23.3. The molecule has 1 amide bonds. The average Bonchev–Trinajstić information content (AvgIpc) is 3.71. The minimum Gasteiger partial charge on any atom is -0.460 e. The van der Waals surface area contributed by atoms with Crippen molar-refractivity contribution < 1.29 is 23.9 Å². The van der Waals surface area contributed by atoms with Gasteiger partial charge in [0, 0.05) is 37.2 Å². The Morgan fingerprint density at radius 3 is 2.42 bits per heavy atom. The van der Waals surface area contributed by atoms with Gasteiger partial charge in [-0.2, -0.15) is 11.8 Å². The van der Waals surface area contributed by atoms with Crippen molar-refractivity contribution in [2.75, 3.05) is 37.7 Å². The van der Waals surface area contributed by atoms with E-state index >= 15 is 0 Å². The number of esters is 2. The summed E-state index contributed by atoms with van der Waals surface area (Å²) in [4.78, 5) is 45.6. The van der Waals surface area contributed by atoms with Gasteiger partial charge in [-0.3, -0.25) is 19.3 Å². The number of likely N-dealkylation sites (tertiary alicyclic amines) is 1. The molecule has 0 aromatic heterocycles. The highest BCUT2D eigenvalue weighted by Crippen LogP contribution is 2.64. The van der Waals surface area contributed by atoms with Crippen molar-refractivity contribution in [2.24, 2.45) is 29.1 Å². The van der Waals surface area contributed by atoms with E-state index in [4.69, 9.17) is 9.47 Å². The highest BCUT2D eigenvalue weighted by Gasteiger charge is 2.69. The molecule has 7 nitrogen and oxygen atoms in total. The number of carbonyl (C=O) groups is 3. The first kappa shape index (κ1) is 26.9. The molecule has 0 radical (unpaired) electrons. The van der Waals surface area contributed by atoms with E-state index in [1.807, 2.05) is 11.8 Å². The summed E-state index contributed by atoms with van der Waals surface area (Å²) in [7, 11) is 0. The standard InChI is InChI=1S/C30H46N2O5S/c1-20(2)30(9-5-6-10-30)37-27(34)25-23-17-21(26(25)36-24(33)19-31-13-15-38-16-14-31)18-29(23)11-12-32(28(29)35)22-7-3-4-8-22/h20-23,25-26H,3-19H2,1-2H3. The summed E-state index contributed by atoms with van der Waals surface area (Å²) >= 11 is 1.92. The quantitative estimate of drug-likeness (QED) is 0.441. The Hall–Kier alpha value is -1.28. The van der Waals surface area contributed by atoms with Crippen molar-refractivity contribution in [3.05, 3.63) is 0 Å². The summed E-state index contributed by atoms with van der Waals surface area (Å²) in [6.45, 7) is 7.18. The van der Waals surface area contributed by atoms with Crippen molar-refractivity contribution in [1.82, 2.24) is 9.80 Å². The van der Waals surface area contributed by atoms with Gasteiger partial charge in [-0.05, 0) is 75.5 Å². The number of amides is 1. The molecule has 6 rings (SSSR count). The molecule has 5 unspecified atom stereocenters. The van der Waals surface area contributed by atoms with Gasteiger partial charge in [0.25, 0.3) is 0 Å². The molecule has 1 spiro atoms. The molecular formula is C30H46N2O5S. The predicted octanol–water partition coefficient (Wildman–Crippen LogP) is 4.28. The van der Waals surface area contributed by atoms with E-state index in [0.717, 1.165) is 88.9 Å². The van der Waals surface area contributed by atoms with Crippen LogP contribution in [0.5, 0.6) is 0 Å². The number of ether oxygens (including phenoxy) is 2. The molecule has 2 bridgehead atoms. The molecule has 4 saturated carbocycles. The lowest BCUT2D eigenvalue weighted by molar-refractivity contribution is -0.184. The summed E-state index contributed by atoms with van der Waals surface area (Å²) in [5.41, 5.74) is -0.910. The zero-order valence-corrected chi connectivity index (χ0v) is 24.1. The van der Waals surface area contributed by atoms with E-state index in [0.29, 0.717) is 6.04 Å². The number of hydrogen-bond donors (Lipinski definition) is 0. The Kier molecular flexibility index (Phi) is 7.51. The summed E-state index contributed by atoms with van der Waals surface area (Å²) in [6.07, 6.45) is 10.5. The van der Waals surface area contributed by atoms with Gasteiger partial charge in [0.05, 0.1) is 17.9 Å². The maximum atomic E-state index is 14.1. The SMILES string of the molecule is CC(C)C1(OC(=O)C2C(OC(=O)CN3CCSCC3)C3CC2C2(CCN(C4CCCC4)C2=O)C3)CCCC1. The van der Waals surface area contributed by atoms with E-state index in [2.05, 4.69) is 23.6 Å². The molecule has 0 N–H and O–H groups in total. The fourth-order valence-electron chi connectivity index (χ4n) is 9.07. The molecule has 2 heterocycles. The normalized spacial score (nSPS) is 37.1. The summed E-state index contributed by atoms with van der Waals surface area (Å²) in [5, 5.41) is 0. The van der Waals surface area contributed by atoms with E-state index < -0.39 is 23.0 Å². The van der Waals surface area contributed by atoms with Gasteiger partial charge < -0.3 is 14.4 Å². The zero-order chi connectivity index (χ0) is 26.5. The average molecular weight is 547 g/mol. The highest BCUT2D eigenvalue weighted by molar-refractivity contribution is 7.99. The number of thioether (sulfide) groups is 1. The van der Waals surface area contributed by atoms with Gasteiger partial charge in [0.1, 0.15) is 11.7 Å². The first-order valence-corrected chi connectivity index (χ1v) is 16.5. The van der Waals surface area contributed by atoms with Gasteiger partial charge in [-0.15, -0.1) is 0 Å². The second-order valence-electron chi connectivity index (χ2n) is 13.4. The number of carbonyl (C=O) groups excluding carboxylic acids is 3. The van der Waals surface area contributed by atoms with E-state index in [9.17, 15) is 14.4 Å². The van der Waals surface area contributed by atoms with Crippen LogP contribution in [0.4, 0.5) is 0 Å². The largest absolute Gasteiger partial charge is 0.460 e. The molecule has 4 aliphatic carbocycles. The van der Waals surface area contributed by atoms with Crippen molar-refractivity contribution >= 4 is 29.6 Å². The van der Waals surface area contributed by atoms with Crippen LogP contribution in [-0.2, 0) is 23.9 Å². The van der Waals surface area contributed by atoms with Gasteiger partial charge in [-0.25, -0.2) is 0 Å². The monoisotopic (exact) mass is 546 g/mol. The third-order valence-electron chi connectivity index (χ3n) is 11.2. The van der Waals surface area contributed by atoms with Crippen molar-refractivity contribution in [3.8, 4) is 0 Å². The van der Waals surface area contributed by atoms with Crippen LogP contribution in [0.25, 0.3) is 0 Å². The second kappa shape index (κ2) is 10.6. The fourth-order valence-corrected chi connectivity index (χ4v) is 10.0. The van der Waals surface area contributed by atoms with Crippen LogP contribution in [0.2, 0.25) is 0 Å². The van der Waals surface area contributed by atoms with Crippen LogP contribution < -0.4 is 0 Å². The molecule has 6 aliphatic rings. The number of rotatable bonds is 7. The Morgan fingerprint density at radius 2 is 1.74 bits per heavy atom. The lowest BCUT2D eigenvalue weighted by atomic mass is 9.66. The molecule has 212 valence electrons.